The predicted molar refractivity (Wildman–Crippen MR) is 95.7 cm³/mol. The highest BCUT2D eigenvalue weighted by atomic mass is 79.9. The van der Waals surface area contributed by atoms with Gasteiger partial charge in [0.25, 0.3) is 5.91 Å². The molecule has 1 heterocycles. The van der Waals surface area contributed by atoms with Crippen LogP contribution in [0, 0.1) is 0 Å². The summed E-state index contributed by atoms with van der Waals surface area (Å²) in [6.45, 7) is 0. The van der Waals surface area contributed by atoms with Gasteiger partial charge < -0.3 is 5.32 Å². The van der Waals surface area contributed by atoms with Crippen molar-refractivity contribution in [3.05, 3.63) is 70.3 Å². The van der Waals surface area contributed by atoms with Gasteiger partial charge in [0.15, 0.2) is 0 Å². The Balaban J connectivity index is 1.85. The number of carbonyl (C=O) groups is 1. The Morgan fingerprint density at radius 3 is 2.38 bits per heavy atom. The summed E-state index contributed by atoms with van der Waals surface area (Å²) in [7, 11) is 1.69. The minimum Gasteiger partial charge on any atom is -0.306 e. The van der Waals surface area contributed by atoms with Gasteiger partial charge in [-0.1, -0.05) is 24.3 Å². The maximum Gasteiger partial charge on any atom is 0.416 e. The van der Waals surface area contributed by atoms with Gasteiger partial charge in [-0.3, -0.25) is 9.48 Å². The summed E-state index contributed by atoms with van der Waals surface area (Å²) in [5.41, 5.74) is 0.913. The van der Waals surface area contributed by atoms with E-state index in [4.69, 9.17) is 0 Å². The normalized spacial score (nSPS) is 11.4. The number of benzene rings is 2. The number of hydrogen-bond acceptors (Lipinski definition) is 2. The van der Waals surface area contributed by atoms with E-state index in [9.17, 15) is 18.0 Å². The highest BCUT2D eigenvalue weighted by Crippen LogP contribution is 2.31. The van der Waals surface area contributed by atoms with Gasteiger partial charge in [-0.25, -0.2) is 0 Å². The molecular weight excluding hydrogens is 411 g/mol. The molecule has 0 saturated carbocycles. The molecule has 1 aromatic heterocycles. The van der Waals surface area contributed by atoms with Crippen LogP contribution in [0.5, 0.6) is 0 Å². The van der Waals surface area contributed by atoms with Crippen molar-refractivity contribution in [2.45, 2.75) is 6.18 Å². The fourth-order valence-electron chi connectivity index (χ4n) is 2.42. The zero-order valence-electron chi connectivity index (χ0n) is 13.5. The zero-order chi connectivity index (χ0) is 18.9. The molecule has 3 rings (SSSR count). The maximum absolute atomic E-state index is 12.7. The average Bonchev–Trinajstić information content (AvgIpc) is 2.93. The first-order valence-corrected chi connectivity index (χ1v) is 8.31. The van der Waals surface area contributed by atoms with Crippen molar-refractivity contribution in [1.29, 1.82) is 0 Å². The van der Waals surface area contributed by atoms with Gasteiger partial charge >= 0.3 is 6.18 Å². The van der Waals surface area contributed by atoms with E-state index in [0.29, 0.717) is 27.0 Å². The van der Waals surface area contributed by atoms with Crippen molar-refractivity contribution in [2.75, 3.05) is 5.32 Å². The molecule has 0 aliphatic rings. The Labute approximate surface area is 155 Å². The highest BCUT2D eigenvalue weighted by Gasteiger charge is 2.29. The Kier molecular flexibility index (Phi) is 4.86. The number of nitrogens with zero attached hydrogens (tertiary/aromatic N) is 2. The molecule has 0 aliphatic carbocycles. The third kappa shape index (κ3) is 3.80. The minimum atomic E-state index is -4.38. The van der Waals surface area contributed by atoms with E-state index in [0.717, 1.165) is 12.1 Å². The van der Waals surface area contributed by atoms with E-state index >= 15 is 0 Å². The van der Waals surface area contributed by atoms with E-state index in [1.165, 1.54) is 16.8 Å². The monoisotopic (exact) mass is 423 g/mol. The first kappa shape index (κ1) is 18.2. The Morgan fingerprint density at radius 2 is 1.81 bits per heavy atom. The third-order valence-electron chi connectivity index (χ3n) is 3.80. The van der Waals surface area contributed by atoms with Crippen molar-refractivity contribution < 1.29 is 18.0 Å². The van der Waals surface area contributed by atoms with Gasteiger partial charge in [-0.05, 0) is 51.3 Å². The first-order chi connectivity index (χ1) is 12.3. The molecule has 0 radical (unpaired) electrons. The molecule has 0 saturated heterocycles. The van der Waals surface area contributed by atoms with E-state index in [1.54, 1.807) is 37.5 Å². The molecule has 1 N–H and O–H groups in total. The molecule has 134 valence electrons. The Morgan fingerprint density at radius 1 is 1.12 bits per heavy atom. The summed E-state index contributed by atoms with van der Waals surface area (Å²) in [4.78, 5) is 12.5. The first-order valence-electron chi connectivity index (χ1n) is 7.52. The summed E-state index contributed by atoms with van der Waals surface area (Å²) in [5.74, 6) is 0.165. The van der Waals surface area contributed by atoms with Crippen molar-refractivity contribution in [2.24, 2.45) is 7.05 Å². The highest BCUT2D eigenvalue weighted by molar-refractivity contribution is 9.10. The van der Waals surface area contributed by atoms with Gasteiger partial charge in [0, 0.05) is 12.6 Å². The van der Waals surface area contributed by atoms with Crippen LogP contribution in [-0.4, -0.2) is 15.7 Å². The predicted octanol–water partition coefficient (Wildman–Crippen LogP) is 5.12. The molecule has 1 amide bonds. The van der Waals surface area contributed by atoms with Crippen LogP contribution >= 0.6 is 15.9 Å². The van der Waals surface area contributed by atoms with Crippen LogP contribution < -0.4 is 5.32 Å². The van der Waals surface area contributed by atoms with Crippen molar-refractivity contribution in [3.8, 4) is 11.1 Å². The van der Waals surface area contributed by atoms with Gasteiger partial charge in [0.05, 0.1) is 16.2 Å². The van der Waals surface area contributed by atoms with Crippen molar-refractivity contribution in [3.63, 3.8) is 0 Å². The molecule has 26 heavy (non-hydrogen) atoms. The van der Waals surface area contributed by atoms with Crippen molar-refractivity contribution >= 4 is 27.7 Å². The minimum absolute atomic E-state index is 0.344. The van der Waals surface area contributed by atoms with Crippen LogP contribution in [0.15, 0.2) is 59.2 Å². The summed E-state index contributed by atoms with van der Waals surface area (Å²) in [6.07, 6.45) is -2.81. The van der Waals surface area contributed by atoms with Crippen LogP contribution in [0.1, 0.15) is 15.9 Å². The van der Waals surface area contributed by atoms with E-state index in [2.05, 4.69) is 26.3 Å². The second kappa shape index (κ2) is 6.95. The largest absolute Gasteiger partial charge is 0.416 e. The number of aromatic nitrogens is 2. The summed E-state index contributed by atoms with van der Waals surface area (Å²) in [6, 6.07) is 11.5. The second-order valence-electron chi connectivity index (χ2n) is 5.57. The number of nitrogens with one attached hydrogen (secondary N) is 1. The molecule has 0 unspecified atom stereocenters. The topological polar surface area (TPSA) is 46.9 Å². The van der Waals surface area contributed by atoms with Gasteiger partial charge in [0.2, 0.25) is 0 Å². The van der Waals surface area contributed by atoms with Gasteiger partial charge in [0.1, 0.15) is 5.82 Å². The molecule has 8 heteroatoms. The molecule has 0 bridgehead atoms. The Bertz CT molecular complexity index is 930. The molecule has 3 aromatic rings. The van der Waals surface area contributed by atoms with Crippen LogP contribution in [0.3, 0.4) is 0 Å². The summed E-state index contributed by atoms with van der Waals surface area (Å²) in [5, 5.41) is 6.77. The van der Waals surface area contributed by atoms with E-state index in [-0.39, 0.29) is 5.91 Å². The van der Waals surface area contributed by atoms with Crippen LogP contribution in [0.4, 0.5) is 19.0 Å². The fraction of sp³-hybridized carbons (Fsp3) is 0.111. The zero-order valence-corrected chi connectivity index (χ0v) is 15.1. The molecule has 0 atom stereocenters. The standard InChI is InChI=1S/C18H13BrF3N3O/c1-25-16(15(19)10-23-25)24-17(26)13-4-2-3-12(9-13)11-5-7-14(8-6-11)18(20,21)22/h2-10H,1H3,(H,24,26). The molecule has 4 nitrogen and oxygen atoms in total. The Hall–Kier alpha value is -2.61. The summed E-state index contributed by atoms with van der Waals surface area (Å²) < 4.78 is 40.2. The second-order valence-corrected chi connectivity index (χ2v) is 6.43. The number of rotatable bonds is 3. The number of amides is 1. The molecule has 0 fully saturated rings. The molecule has 0 aliphatic heterocycles. The molecule has 2 aromatic carbocycles. The third-order valence-corrected chi connectivity index (χ3v) is 4.38. The lowest BCUT2D eigenvalue weighted by Crippen LogP contribution is -2.15. The van der Waals surface area contributed by atoms with Gasteiger partial charge in [-0.15, -0.1) is 0 Å². The van der Waals surface area contributed by atoms with Crippen LogP contribution in [-0.2, 0) is 13.2 Å². The van der Waals surface area contributed by atoms with Gasteiger partial charge in [-0.2, -0.15) is 18.3 Å². The number of anilines is 1. The quantitative estimate of drug-likeness (QED) is 0.635. The summed E-state index contributed by atoms with van der Waals surface area (Å²) >= 11 is 3.30. The van der Waals surface area contributed by atoms with Crippen LogP contribution in [0.25, 0.3) is 11.1 Å². The number of halogens is 4. The lowest BCUT2D eigenvalue weighted by atomic mass is 10.0. The number of carbonyl (C=O) groups excluding carboxylic acids is 1. The van der Waals surface area contributed by atoms with E-state index < -0.39 is 11.7 Å². The number of alkyl halides is 3. The molecular formula is C18H13BrF3N3O. The van der Waals surface area contributed by atoms with Crippen LogP contribution in [0.2, 0.25) is 0 Å². The average molecular weight is 424 g/mol. The van der Waals surface area contributed by atoms with E-state index in [1.807, 2.05) is 0 Å². The SMILES string of the molecule is Cn1ncc(Br)c1NC(=O)c1cccc(-c2ccc(C(F)(F)F)cc2)c1. The lowest BCUT2D eigenvalue weighted by Gasteiger charge is -2.10. The van der Waals surface area contributed by atoms with Crippen molar-refractivity contribution in [1.82, 2.24) is 9.78 Å². The fourth-order valence-corrected chi connectivity index (χ4v) is 2.87. The molecule has 0 spiro atoms. The maximum atomic E-state index is 12.7. The lowest BCUT2D eigenvalue weighted by molar-refractivity contribution is -0.137. The number of hydrogen-bond donors (Lipinski definition) is 1. The number of aryl methyl sites for hydroxylation is 1. The smallest absolute Gasteiger partial charge is 0.306 e.